The van der Waals surface area contributed by atoms with Gasteiger partial charge in [0.2, 0.25) is 15.9 Å². The van der Waals surface area contributed by atoms with Crippen LogP contribution in [-0.4, -0.2) is 38.0 Å². The lowest BCUT2D eigenvalue weighted by Crippen LogP contribution is -2.34. The highest BCUT2D eigenvalue weighted by molar-refractivity contribution is 7.88. The molecule has 0 atom stereocenters. The molecule has 0 bridgehead atoms. The summed E-state index contributed by atoms with van der Waals surface area (Å²) < 4.78 is 24.9. The van der Waals surface area contributed by atoms with Crippen molar-refractivity contribution in [2.24, 2.45) is 0 Å². The minimum Gasteiger partial charge on any atom is -0.356 e. The summed E-state index contributed by atoms with van der Waals surface area (Å²) in [5.74, 6) is -0.106. The summed E-state index contributed by atoms with van der Waals surface area (Å²) in [5.41, 5.74) is 0.911. The first-order valence-electron chi connectivity index (χ1n) is 7.19. The lowest BCUT2D eigenvalue weighted by Gasteiger charge is -2.19. The minimum atomic E-state index is -3.33. The van der Waals surface area contributed by atoms with E-state index < -0.39 is 10.0 Å². The molecule has 1 amide bonds. The fourth-order valence-corrected chi connectivity index (χ4v) is 2.67. The molecule has 0 aromatic heterocycles. The van der Waals surface area contributed by atoms with Gasteiger partial charge in [-0.15, -0.1) is 0 Å². The molecule has 21 heavy (non-hydrogen) atoms. The van der Waals surface area contributed by atoms with E-state index in [1.807, 2.05) is 30.3 Å². The van der Waals surface area contributed by atoms with Crippen molar-refractivity contribution in [2.45, 2.75) is 32.7 Å². The summed E-state index contributed by atoms with van der Waals surface area (Å²) in [5, 5.41) is 2.79. The molecule has 0 fully saturated rings. The van der Waals surface area contributed by atoms with E-state index in [0.29, 0.717) is 13.1 Å². The van der Waals surface area contributed by atoms with E-state index in [9.17, 15) is 13.2 Å². The van der Waals surface area contributed by atoms with Crippen LogP contribution in [0.2, 0.25) is 0 Å². The Balaban J connectivity index is 2.54. The third-order valence-electron chi connectivity index (χ3n) is 3.11. The maximum atomic E-state index is 11.8. The second kappa shape index (κ2) is 8.79. The van der Waals surface area contributed by atoms with Crippen LogP contribution >= 0.6 is 0 Å². The Kier molecular flexibility index (Phi) is 7.39. The summed E-state index contributed by atoms with van der Waals surface area (Å²) in [6.07, 6.45) is 3.31. The highest BCUT2D eigenvalue weighted by Crippen LogP contribution is 2.08. The first kappa shape index (κ1) is 17.7. The number of carbonyl (C=O) groups excluding carboxylic acids is 1. The van der Waals surface area contributed by atoms with Crippen molar-refractivity contribution in [3.63, 3.8) is 0 Å². The smallest absolute Gasteiger partial charge is 0.221 e. The predicted molar refractivity (Wildman–Crippen MR) is 84.2 cm³/mol. The van der Waals surface area contributed by atoms with Crippen LogP contribution in [0.25, 0.3) is 0 Å². The molecule has 0 aliphatic carbocycles. The van der Waals surface area contributed by atoms with Gasteiger partial charge < -0.3 is 5.32 Å². The van der Waals surface area contributed by atoms with Crippen LogP contribution in [0, 0.1) is 0 Å². The number of rotatable bonds is 9. The van der Waals surface area contributed by atoms with E-state index >= 15 is 0 Å². The van der Waals surface area contributed by atoms with Crippen LogP contribution in [-0.2, 0) is 21.4 Å². The Bertz CT molecular complexity index is 529. The normalized spacial score (nSPS) is 11.6. The van der Waals surface area contributed by atoms with Gasteiger partial charge in [-0.25, -0.2) is 8.42 Å². The summed E-state index contributed by atoms with van der Waals surface area (Å²) >= 11 is 0. The van der Waals surface area contributed by atoms with Crippen LogP contribution in [0.3, 0.4) is 0 Å². The average molecular weight is 312 g/mol. The Labute approximate surface area is 127 Å². The summed E-state index contributed by atoms with van der Waals surface area (Å²) in [7, 11) is -3.33. The molecular weight excluding hydrogens is 288 g/mol. The molecule has 0 aliphatic heterocycles. The van der Waals surface area contributed by atoms with Crippen molar-refractivity contribution in [1.29, 1.82) is 0 Å². The largest absolute Gasteiger partial charge is 0.356 e. The van der Waals surface area contributed by atoms with Crippen LogP contribution < -0.4 is 5.32 Å². The zero-order valence-electron chi connectivity index (χ0n) is 12.7. The molecular formula is C15H24N2O3S. The van der Waals surface area contributed by atoms with Gasteiger partial charge in [-0.2, -0.15) is 4.31 Å². The second-order valence-corrected chi connectivity index (χ2v) is 7.02. The lowest BCUT2D eigenvalue weighted by atomic mass is 10.2. The van der Waals surface area contributed by atoms with Crippen LogP contribution in [0.1, 0.15) is 31.7 Å². The molecule has 6 heteroatoms. The number of carbonyl (C=O) groups is 1. The third-order valence-corrected chi connectivity index (χ3v) is 4.36. The third kappa shape index (κ3) is 7.24. The van der Waals surface area contributed by atoms with Crippen molar-refractivity contribution in [2.75, 3.05) is 19.3 Å². The molecule has 1 rings (SSSR count). The van der Waals surface area contributed by atoms with Crippen LogP contribution in [0.5, 0.6) is 0 Å². The molecule has 0 unspecified atom stereocenters. The number of nitrogens with one attached hydrogen (secondary N) is 1. The summed E-state index contributed by atoms with van der Waals surface area (Å²) in [6, 6.07) is 9.37. The standard InChI is InChI=1S/C15H24N2O3S/c1-3-4-11-16-15(18)10-12-17(21(2,19)20)13-14-8-6-5-7-9-14/h5-9H,3-4,10-13H2,1-2H3,(H,16,18). The molecule has 0 saturated heterocycles. The molecule has 5 nitrogen and oxygen atoms in total. The zero-order valence-corrected chi connectivity index (χ0v) is 13.5. The fourth-order valence-electron chi connectivity index (χ4n) is 1.87. The number of hydrogen-bond donors (Lipinski definition) is 1. The van der Waals surface area contributed by atoms with Gasteiger partial charge in [0.1, 0.15) is 0 Å². The molecule has 0 saturated carbocycles. The van der Waals surface area contributed by atoms with Crippen molar-refractivity contribution >= 4 is 15.9 Å². The van der Waals surface area contributed by atoms with E-state index in [0.717, 1.165) is 18.4 Å². The molecule has 0 radical (unpaired) electrons. The number of amides is 1. The Hall–Kier alpha value is -1.40. The first-order valence-corrected chi connectivity index (χ1v) is 9.04. The van der Waals surface area contributed by atoms with Gasteiger partial charge in [0, 0.05) is 26.1 Å². The van der Waals surface area contributed by atoms with Gasteiger partial charge in [0.25, 0.3) is 0 Å². The fraction of sp³-hybridized carbons (Fsp3) is 0.533. The molecule has 0 heterocycles. The van der Waals surface area contributed by atoms with E-state index in [2.05, 4.69) is 12.2 Å². The van der Waals surface area contributed by atoms with Gasteiger partial charge in [-0.3, -0.25) is 4.79 Å². The molecule has 1 aromatic carbocycles. The molecule has 1 aromatic rings. The van der Waals surface area contributed by atoms with Gasteiger partial charge in [0.15, 0.2) is 0 Å². The van der Waals surface area contributed by atoms with Crippen molar-refractivity contribution < 1.29 is 13.2 Å². The van der Waals surface area contributed by atoms with Gasteiger partial charge in [-0.1, -0.05) is 43.7 Å². The SMILES string of the molecule is CCCCNC(=O)CCN(Cc1ccccc1)S(C)(=O)=O. The van der Waals surface area contributed by atoms with Gasteiger partial charge >= 0.3 is 0 Å². The van der Waals surface area contributed by atoms with E-state index in [1.165, 1.54) is 10.6 Å². The minimum absolute atomic E-state index is 0.106. The highest BCUT2D eigenvalue weighted by Gasteiger charge is 2.18. The Morgan fingerprint density at radius 2 is 1.90 bits per heavy atom. The molecule has 1 N–H and O–H groups in total. The number of nitrogens with zero attached hydrogens (tertiary/aromatic N) is 1. The maximum Gasteiger partial charge on any atom is 0.221 e. The quantitative estimate of drug-likeness (QED) is 0.707. The number of benzene rings is 1. The van der Waals surface area contributed by atoms with Crippen molar-refractivity contribution in [3.8, 4) is 0 Å². The topological polar surface area (TPSA) is 66.5 Å². The maximum absolute atomic E-state index is 11.8. The zero-order chi connectivity index (χ0) is 15.7. The van der Waals surface area contributed by atoms with E-state index in [-0.39, 0.29) is 18.9 Å². The summed E-state index contributed by atoms with van der Waals surface area (Å²) in [6.45, 7) is 3.19. The van der Waals surface area contributed by atoms with Gasteiger partial charge in [-0.05, 0) is 12.0 Å². The average Bonchev–Trinajstić information content (AvgIpc) is 2.43. The Morgan fingerprint density at radius 3 is 2.48 bits per heavy atom. The van der Waals surface area contributed by atoms with E-state index in [1.54, 1.807) is 0 Å². The lowest BCUT2D eigenvalue weighted by molar-refractivity contribution is -0.121. The predicted octanol–water partition coefficient (Wildman–Crippen LogP) is 1.75. The number of hydrogen-bond acceptors (Lipinski definition) is 3. The molecule has 0 aliphatic rings. The van der Waals surface area contributed by atoms with Crippen LogP contribution in [0.4, 0.5) is 0 Å². The Morgan fingerprint density at radius 1 is 1.24 bits per heavy atom. The van der Waals surface area contributed by atoms with Gasteiger partial charge in [0.05, 0.1) is 6.26 Å². The van der Waals surface area contributed by atoms with Crippen molar-refractivity contribution in [1.82, 2.24) is 9.62 Å². The first-order chi connectivity index (χ1) is 9.93. The monoisotopic (exact) mass is 312 g/mol. The van der Waals surface area contributed by atoms with Crippen LogP contribution in [0.15, 0.2) is 30.3 Å². The van der Waals surface area contributed by atoms with E-state index in [4.69, 9.17) is 0 Å². The second-order valence-electron chi connectivity index (χ2n) is 5.04. The molecule has 118 valence electrons. The molecule has 0 spiro atoms. The highest BCUT2D eigenvalue weighted by atomic mass is 32.2. The van der Waals surface area contributed by atoms with Crippen molar-refractivity contribution in [3.05, 3.63) is 35.9 Å². The summed E-state index contributed by atoms with van der Waals surface area (Å²) in [4.78, 5) is 11.7. The number of sulfonamides is 1. The number of unbranched alkanes of at least 4 members (excludes halogenated alkanes) is 1.